The molecule has 0 fully saturated rings. The van der Waals surface area contributed by atoms with Gasteiger partial charge in [0.1, 0.15) is 11.7 Å². The monoisotopic (exact) mass is 392 g/mol. The molecule has 0 radical (unpaired) electrons. The van der Waals surface area contributed by atoms with Crippen molar-refractivity contribution in [2.75, 3.05) is 14.2 Å². The number of rotatable bonds is 5. The highest BCUT2D eigenvalue weighted by molar-refractivity contribution is 5.53. The Balaban J connectivity index is 1.96. The second kappa shape index (κ2) is 7.31. The molecule has 0 aliphatic carbocycles. The van der Waals surface area contributed by atoms with Crippen LogP contribution in [0.2, 0.25) is 0 Å². The smallest absolute Gasteiger partial charge is 0.317 e. The van der Waals surface area contributed by atoms with E-state index in [1.807, 2.05) is 49.4 Å². The van der Waals surface area contributed by atoms with Crippen LogP contribution in [0.3, 0.4) is 0 Å². The maximum Gasteiger partial charge on any atom is 0.317 e. The minimum atomic E-state index is -0.639. The van der Waals surface area contributed by atoms with Crippen LogP contribution < -0.4 is 14.8 Å². The summed E-state index contributed by atoms with van der Waals surface area (Å²) in [4.78, 5) is 11.6. The standard InChI is InChI=1S/C21H20N4O4/c1-13-17-18(14-9-11-16(28-3)12-10-14)19(25(26)27)20(22-2)29-21(17)24(23-13)15-7-5-4-6-8-15/h4-12,18,22H,1-3H3. The van der Waals surface area contributed by atoms with E-state index >= 15 is 0 Å². The molecule has 1 N–H and O–H groups in total. The zero-order valence-corrected chi connectivity index (χ0v) is 16.2. The summed E-state index contributed by atoms with van der Waals surface area (Å²) >= 11 is 0. The average Bonchev–Trinajstić information content (AvgIpc) is 3.09. The molecule has 148 valence electrons. The fraction of sp³-hybridized carbons (Fsp3) is 0.190. The predicted molar refractivity (Wildman–Crippen MR) is 107 cm³/mol. The summed E-state index contributed by atoms with van der Waals surface area (Å²) in [5, 5.41) is 19.5. The van der Waals surface area contributed by atoms with Crippen molar-refractivity contribution in [1.29, 1.82) is 0 Å². The van der Waals surface area contributed by atoms with Gasteiger partial charge >= 0.3 is 5.70 Å². The number of aromatic nitrogens is 2. The van der Waals surface area contributed by atoms with E-state index in [0.717, 1.165) is 11.3 Å². The highest BCUT2D eigenvalue weighted by Gasteiger charge is 2.43. The number of nitrogens with zero attached hydrogens (tertiary/aromatic N) is 3. The molecule has 2 heterocycles. The lowest BCUT2D eigenvalue weighted by molar-refractivity contribution is -0.432. The quantitative estimate of drug-likeness (QED) is 0.529. The third kappa shape index (κ3) is 3.08. The van der Waals surface area contributed by atoms with Gasteiger partial charge in [0.15, 0.2) is 0 Å². The fourth-order valence-electron chi connectivity index (χ4n) is 3.60. The highest BCUT2D eigenvalue weighted by Crippen LogP contribution is 2.45. The zero-order valence-electron chi connectivity index (χ0n) is 16.2. The first-order valence-electron chi connectivity index (χ1n) is 9.08. The molecular weight excluding hydrogens is 372 g/mol. The molecule has 4 rings (SSSR count). The van der Waals surface area contributed by atoms with E-state index in [-0.39, 0.29) is 11.6 Å². The van der Waals surface area contributed by atoms with Crippen molar-refractivity contribution >= 4 is 0 Å². The molecule has 0 saturated heterocycles. The topological polar surface area (TPSA) is 91.5 Å². The Morgan fingerprint density at radius 1 is 1.17 bits per heavy atom. The molecule has 0 bridgehead atoms. The van der Waals surface area contributed by atoms with Gasteiger partial charge < -0.3 is 14.8 Å². The van der Waals surface area contributed by atoms with E-state index in [0.29, 0.717) is 22.9 Å². The maximum atomic E-state index is 12.0. The number of hydrogen-bond acceptors (Lipinski definition) is 6. The van der Waals surface area contributed by atoms with Crippen LogP contribution in [0, 0.1) is 17.0 Å². The van der Waals surface area contributed by atoms with E-state index in [2.05, 4.69) is 10.4 Å². The summed E-state index contributed by atoms with van der Waals surface area (Å²) < 4.78 is 12.9. The number of nitrogens with one attached hydrogen (secondary N) is 1. The average molecular weight is 392 g/mol. The number of methoxy groups -OCH3 is 1. The van der Waals surface area contributed by atoms with Crippen LogP contribution in [-0.2, 0) is 0 Å². The van der Waals surface area contributed by atoms with Gasteiger partial charge in [-0.1, -0.05) is 30.3 Å². The fourth-order valence-corrected chi connectivity index (χ4v) is 3.60. The van der Waals surface area contributed by atoms with Crippen LogP contribution in [0.25, 0.3) is 5.69 Å². The lowest BCUT2D eigenvalue weighted by Crippen LogP contribution is -2.28. The minimum absolute atomic E-state index is 0.0547. The Hall–Kier alpha value is -3.81. The molecule has 3 aromatic rings. The van der Waals surface area contributed by atoms with Crippen LogP contribution in [0.5, 0.6) is 11.6 Å². The largest absolute Gasteiger partial charge is 0.497 e. The van der Waals surface area contributed by atoms with Gasteiger partial charge in [-0.15, -0.1) is 0 Å². The Morgan fingerprint density at radius 2 is 1.86 bits per heavy atom. The van der Waals surface area contributed by atoms with Crippen molar-refractivity contribution < 1.29 is 14.4 Å². The normalized spacial score (nSPS) is 15.5. The van der Waals surface area contributed by atoms with Gasteiger partial charge in [-0.3, -0.25) is 10.1 Å². The van der Waals surface area contributed by atoms with Crippen LogP contribution in [0.1, 0.15) is 22.7 Å². The summed E-state index contributed by atoms with van der Waals surface area (Å²) in [6.07, 6.45) is 0. The molecule has 1 aliphatic heterocycles. The summed E-state index contributed by atoms with van der Waals surface area (Å²) in [6, 6.07) is 16.8. The molecule has 1 unspecified atom stereocenters. The molecule has 8 nitrogen and oxygen atoms in total. The first kappa shape index (κ1) is 18.5. The number of ether oxygens (including phenoxy) is 2. The number of aryl methyl sites for hydroxylation is 1. The third-order valence-corrected chi connectivity index (χ3v) is 4.93. The van der Waals surface area contributed by atoms with Crippen molar-refractivity contribution in [3.8, 4) is 17.3 Å². The summed E-state index contributed by atoms with van der Waals surface area (Å²) in [5.74, 6) is 0.600. The molecule has 0 saturated carbocycles. The minimum Gasteiger partial charge on any atom is -0.497 e. The second-order valence-electron chi connectivity index (χ2n) is 6.58. The van der Waals surface area contributed by atoms with Crippen LogP contribution in [0.4, 0.5) is 0 Å². The molecule has 8 heteroatoms. The molecule has 2 aromatic carbocycles. The second-order valence-corrected chi connectivity index (χ2v) is 6.58. The van der Waals surface area contributed by atoms with Crippen molar-refractivity contribution in [2.45, 2.75) is 12.8 Å². The van der Waals surface area contributed by atoms with E-state index in [1.165, 1.54) is 0 Å². The third-order valence-electron chi connectivity index (χ3n) is 4.93. The molecular formula is C21H20N4O4. The van der Waals surface area contributed by atoms with E-state index in [9.17, 15) is 10.1 Å². The Kier molecular flexibility index (Phi) is 4.67. The number of allylic oxidation sites excluding steroid dienone is 1. The predicted octanol–water partition coefficient (Wildman–Crippen LogP) is 3.38. The number of hydrogen-bond donors (Lipinski definition) is 1. The number of nitro groups is 1. The number of benzene rings is 2. The van der Waals surface area contributed by atoms with Gasteiger partial charge in [0.2, 0.25) is 5.88 Å². The van der Waals surface area contributed by atoms with E-state index < -0.39 is 10.8 Å². The van der Waals surface area contributed by atoms with Gasteiger partial charge in [0, 0.05) is 7.05 Å². The summed E-state index contributed by atoms with van der Waals surface area (Å²) in [5.41, 5.74) is 2.85. The molecule has 1 aromatic heterocycles. The Labute approximate surface area is 167 Å². The first-order valence-corrected chi connectivity index (χ1v) is 9.08. The number of para-hydroxylation sites is 1. The van der Waals surface area contributed by atoms with Gasteiger partial charge in [0.25, 0.3) is 5.88 Å². The summed E-state index contributed by atoms with van der Waals surface area (Å²) in [7, 11) is 3.18. The van der Waals surface area contributed by atoms with Crippen LogP contribution >= 0.6 is 0 Å². The SMILES string of the molecule is CNC1=C([N+](=O)[O-])C(c2ccc(OC)cc2)c2c(C)nn(-c3ccccc3)c2O1. The molecule has 1 aliphatic rings. The van der Waals surface area contributed by atoms with Gasteiger partial charge in [0.05, 0.1) is 29.0 Å². The zero-order chi connectivity index (χ0) is 20.5. The lowest BCUT2D eigenvalue weighted by Gasteiger charge is -2.24. The van der Waals surface area contributed by atoms with Gasteiger partial charge in [-0.25, -0.2) is 4.68 Å². The van der Waals surface area contributed by atoms with Crippen molar-refractivity contribution in [3.05, 3.63) is 93.1 Å². The van der Waals surface area contributed by atoms with Crippen molar-refractivity contribution in [3.63, 3.8) is 0 Å². The molecule has 1 atom stereocenters. The first-order chi connectivity index (χ1) is 14.0. The highest BCUT2D eigenvalue weighted by atomic mass is 16.6. The molecule has 0 spiro atoms. The lowest BCUT2D eigenvalue weighted by atomic mass is 9.87. The number of fused-ring (bicyclic) bond motifs is 1. The van der Waals surface area contributed by atoms with Crippen molar-refractivity contribution in [2.24, 2.45) is 0 Å². The Bertz CT molecular complexity index is 1090. The van der Waals surface area contributed by atoms with Crippen molar-refractivity contribution in [1.82, 2.24) is 15.1 Å². The Morgan fingerprint density at radius 3 is 2.45 bits per heavy atom. The van der Waals surface area contributed by atoms with Crippen LogP contribution in [-0.4, -0.2) is 28.9 Å². The van der Waals surface area contributed by atoms with Gasteiger partial charge in [-0.05, 0) is 36.8 Å². The summed E-state index contributed by atoms with van der Waals surface area (Å²) in [6.45, 7) is 1.83. The van der Waals surface area contributed by atoms with Gasteiger partial charge in [-0.2, -0.15) is 5.10 Å². The molecule has 29 heavy (non-hydrogen) atoms. The molecule has 0 amide bonds. The van der Waals surface area contributed by atoms with E-state index in [1.54, 1.807) is 31.0 Å². The maximum absolute atomic E-state index is 12.0. The van der Waals surface area contributed by atoms with Crippen LogP contribution in [0.15, 0.2) is 66.2 Å². The van der Waals surface area contributed by atoms with E-state index in [4.69, 9.17) is 9.47 Å².